The number of nitriles is 1. The Bertz CT molecular complexity index is 1300. The van der Waals surface area contributed by atoms with E-state index in [1.54, 1.807) is 6.92 Å². The Hall–Kier alpha value is -3.19. The second kappa shape index (κ2) is 12.4. The Morgan fingerprint density at radius 3 is 2.46 bits per heavy atom. The van der Waals surface area contributed by atoms with Gasteiger partial charge in [0.2, 0.25) is 11.8 Å². The van der Waals surface area contributed by atoms with Crippen molar-refractivity contribution in [2.75, 3.05) is 24.8 Å². The summed E-state index contributed by atoms with van der Waals surface area (Å²) in [5.74, 6) is -4.06. The van der Waals surface area contributed by atoms with Gasteiger partial charge in [0, 0.05) is 11.6 Å². The van der Waals surface area contributed by atoms with Gasteiger partial charge < -0.3 is 20.1 Å². The molecule has 0 spiro atoms. The van der Waals surface area contributed by atoms with E-state index < -0.39 is 23.7 Å². The number of nitrogens with one attached hydrogen (secondary N) is 2. The van der Waals surface area contributed by atoms with Crippen LogP contribution in [0.2, 0.25) is 10.0 Å². The number of allylic oxidation sites excluding steroid dienone is 1. The Labute approximate surface area is 229 Å². The smallest absolute Gasteiger partial charge is 0.319 e. The van der Waals surface area contributed by atoms with Crippen LogP contribution in [0.4, 0.5) is 5.69 Å². The molecule has 1 heterocycles. The summed E-state index contributed by atoms with van der Waals surface area (Å²) in [5.41, 5.74) is 3.01. The average molecular weight is 562 g/mol. The first kappa shape index (κ1) is 28.4. The van der Waals surface area contributed by atoms with Crippen molar-refractivity contribution in [2.45, 2.75) is 26.7 Å². The molecule has 1 aliphatic heterocycles. The first-order chi connectivity index (χ1) is 17.6. The van der Waals surface area contributed by atoms with Crippen molar-refractivity contribution in [3.05, 3.63) is 67.7 Å². The van der Waals surface area contributed by atoms with E-state index in [-0.39, 0.29) is 38.1 Å². The topological polar surface area (TPSA) is 118 Å². The van der Waals surface area contributed by atoms with Gasteiger partial charge in [-0.1, -0.05) is 47.1 Å². The molecule has 0 unspecified atom stereocenters. The van der Waals surface area contributed by atoms with Crippen LogP contribution in [0.1, 0.15) is 29.5 Å². The van der Waals surface area contributed by atoms with E-state index in [4.69, 9.17) is 32.7 Å². The maximum absolute atomic E-state index is 13.0. The van der Waals surface area contributed by atoms with Crippen LogP contribution in [0.25, 0.3) is 0 Å². The zero-order chi connectivity index (χ0) is 27.3. The number of carbonyl (C=O) groups is 3. The van der Waals surface area contributed by atoms with Crippen molar-refractivity contribution < 1.29 is 23.9 Å². The Balaban J connectivity index is 1.97. The second-order valence-electron chi connectivity index (χ2n) is 8.22. The van der Waals surface area contributed by atoms with Crippen molar-refractivity contribution in [3.8, 4) is 11.8 Å². The fourth-order valence-corrected chi connectivity index (χ4v) is 5.38. The van der Waals surface area contributed by atoms with Crippen LogP contribution in [0.5, 0.6) is 5.75 Å². The molecular formula is C26H25Cl2N3O5S. The third-order valence-electron chi connectivity index (χ3n) is 5.67. The van der Waals surface area contributed by atoms with Gasteiger partial charge in [0.1, 0.15) is 5.92 Å². The number of amides is 2. The van der Waals surface area contributed by atoms with Gasteiger partial charge in [0.15, 0.2) is 5.75 Å². The number of hydrogen-bond acceptors (Lipinski definition) is 7. The summed E-state index contributed by atoms with van der Waals surface area (Å²) in [6, 6.07) is 10.8. The molecule has 3 rings (SSSR count). The van der Waals surface area contributed by atoms with Gasteiger partial charge in [-0.3, -0.25) is 14.4 Å². The first-order valence-electron chi connectivity index (χ1n) is 11.3. The standard InChI is InChI=1S/C26H25Cl2N3O5S/c1-5-36-23-17(27)9-15(10-18(23)28)21-16(11-29)25(31-24(33)22(21)26(34)35-4)37-12-20(32)30-19-8-13(2)6-7-14(19)3/h6-10,21-22H,5,12H2,1-4H3,(H,30,32)(H,31,33)/t21-,22-/m0/s1. The SMILES string of the molecule is CCOc1c(Cl)cc([C@H]2C(C#N)=C(SCC(=O)Nc3cc(C)ccc3C)NC(=O)[C@H]2C(=O)OC)cc1Cl. The molecule has 0 radical (unpaired) electrons. The lowest BCUT2D eigenvalue weighted by Gasteiger charge is -2.31. The van der Waals surface area contributed by atoms with Crippen LogP contribution in [0.3, 0.4) is 0 Å². The number of carbonyl (C=O) groups excluding carboxylic acids is 3. The van der Waals surface area contributed by atoms with E-state index in [2.05, 4.69) is 16.7 Å². The number of benzene rings is 2. The van der Waals surface area contributed by atoms with E-state index in [0.29, 0.717) is 17.9 Å². The summed E-state index contributed by atoms with van der Waals surface area (Å²) in [5, 5.41) is 16.0. The van der Waals surface area contributed by atoms with Crippen LogP contribution in [0.15, 0.2) is 40.9 Å². The van der Waals surface area contributed by atoms with Gasteiger partial charge in [-0.05, 0) is 55.7 Å². The molecule has 2 amide bonds. The normalized spacial score (nSPS) is 17.1. The number of methoxy groups -OCH3 is 1. The summed E-state index contributed by atoms with van der Waals surface area (Å²) < 4.78 is 10.3. The number of rotatable bonds is 8. The lowest BCUT2D eigenvalue weighted by molar-refractivity contribution is -0.150. The van der Waals surface area contributed by atoms with Crippen molar-refractivity contribution in [1.29, 1.82) is 5.26 Å². The molecule has 0 bridgehead atoms. The molecule has 0 aromatic heterocycles. The summed E-state index contributed by atoms with van der Waals surface area (Å²) in [6.45, 7) is 5.90. The quantitative estimate of drug-likeness (QED) is 0.339. The van der Waals surface area contributed by atoms with Crippen LogP contribution in [-0.2, 0) is 19.1 Å². The largest absolute Gasteiger partial charge is 0.491 e. The molecule has 8 nitrogen and oxygen atoms in total. The third-order valence-corrected chi connectivity index (χ3v) is 7.25. The zero-order valence-electron chi connectivity index (χ0n) is 20.6. The Morgan fingerprint density at radius 1 is 1.19 bits per heavy atom. The Kier molecular flexibility index (Phi) is 9.49. The maximum atomic E-state index is 13.0. The fourth-order valence-electron chi connectivity index (χ4n) is 3.92. The third kappa shape index (κ3) is 6.39. The van der Waals surface area contributed by atoms with Crippen LogP contribution in [0, 0.1) is 31.1 Å². The highest BCUT2D eigenvalue weighted by Gasteiger charge is 2.44. The number of halogens is 2. The fraction of sp³-hybridized carbons (Fsp3) is 0.308. The van der Waals surface area contributed by atoms with Crippen molar-refractivity contribution in [2.24, 2.45) is 5.92 Å². The van der Waals surface area contributed by atoms with Crippen LogP contribution in [-0.4, -0.2) is 37.3 Å². The number of anilines is 1. The number of ether oxygens (including phenoxy) is 2. The van der Waals surface area contributed by atoms with Crippen molar-refractivity contribution in [3.63, 3.8) is 0 Å². The summed E-state index contributed by atoms with van der Waals surface area (Å²) in [6.07, 6.45) is 0. The lowest BCUT2D eigenvalue weighted by Crippen LogP contribution is -2.44. The minimum Gasteiger partial charge on any atom is -0.491 e. The zero-order valence-corrected chi connectivity index (χ0v) is 22.9. The molecule has 2 aromatic rings. The predicted molar refractivity (Wildman–Crippen MR) is 144 cm³/mol. The van der Waals surface area contributed by atoms with Crippen LogP contribution >= 0.6 is 35.0 Å². The van der Waals surface area contributed by atoms with Gasteiger partial charge in [-0.25, -0.2) is 0 Å². The summed E-state index contributed by atoms with van der Waals surface area (Å²) in [4.78, 5) is 38.3. The van der Waals surface area contributed by atoms with Crippen molar-refractivity contribution in [1.82, 2.24) is 5.32 Å². The molecule has 0 aliphatic carbocycles. The van der Waals surface area contributed by atoms with E-state index in [0.717, 1.165) is 30.0 Å². The van der Waals surface area contributed by atoms with Crippen molar-refractivity contribution >= 4 is 58.4 Å². The van der Waals surface area contributed by atoms with Gasteiger partial charge in [-0.2, -0.15) is 5.26 Å². The second-order valence-corrected chi connectivity index (χ2v) is 10.0. The van der Waals surface area contributed by atoms with Gasteiger partial charge in [-0.15, -0.1) is 0 Å². The Morgan fingerprint density at radius 2 is 1.86 bits per heavy atom. The monoisotopic (exact) mass is 561 g/mol. The molecule has 0 saturated heterocycles. The molecule has 11 heteroatoms. The van der Waals surface area contributed by atoms with E-state index >= 15 is 0 Å². The molecule has 0 fully saturated rings. The molecule has 37 heavy (non-hydrogen) atoms. The molecular weight excluding hydrogens is 537 g/mol. The number of esters is 1. The predicted octanol–water partition coefficient (Wildman–Crippen LogP) is 5.12. The van der Waals surface area contributed by atoms with Gasteiger partial charge in [0.25, 0.3) is 0 Å². The number of thioether (sulfide) groups is 1. The van der Waals surface area contributed by atoms with Gasteiger partial charge in [0.05, 0.1) is 46.2 Å². The van der Waals surface area contributed by atoms with Crippen LogP contribution < -0.4 is 15.4 Å². The molecule has 2 aromatic carbocycles. The molecule has 0 saturated carbocycles. The molecule has 2 N–H and O–H groups in total. The summed E-state index contributed by atoms with van der Waals surface area (Å²) >= 11 is 13.7. The first-order valence-corrected chi connectivity index (χ1v) is 13.0. The highest BCUT2D eigenvalue weighted by atomic mass is 35.5. The minimum absolute atomic E-state index is 0.0795. The van der Waals surface area contributed by atoms with Gasteiger partial charge >= 0.3 is 5.97 Å². The average Bonchev–Trinajstić information content (AvgIpc) is 2.86. The van der Waals surface area contributed by atoms with E-state index in [1.807, 2.05) is 32.0 Å². The number of nitrogens with zero attached hydrogens (tertiary/aromatic N) is 1. The minimum atomic E-state index is -1.36. The highest BCUT2D eigenvalue weighted by molar-refractivity contribution is 8.03. The van der Waals surface area contributed by atoms with E-state index in [9.17, 15) is 19.6 Å². The lowest BCUT2D eigenvalue weighted by atomic mass is 9.78. The highest BCUT2D eigenvalue weighted by Crippen LogP contribution is 2.44. The molecule has 1 aliphatic rings. The maximum Gasteiger partial charge on any atom is 0.319 e. The molecule has 2 atom stereocenters. The van der Waals surface area contributed by atoms with E-state index in [1.165, 1.54) is 12.1 Å². The summed E-state index contributed by atoms with van der Waals surface area (Å²) in [7, 11) is 1.16. The number of aryl methyl sites for hydroxylation is 2. The number of hydrogen-bond donors (Lipinski definition) is 2. The molecule has 194 valence electrons.